The highest BCUT2D eigenvalue weighted by atomic mass is 19.1. The molecular weight excluding hydrogens is 233 g/mol. The lowest BCUT2D eigenvalue weighted by molar-refractivity contribution is 0.629. The molecule has 5 nitrogen and oxygen atoms in total. The molecule has 0 aliphatic heterocycles. The smallest absolute Gasteiger partial charge is 0.159 e. The number of nitrogens with two attached hydrogens (primary N) is 1. The number of aryl methyl sites for hydroxylation is 1. The molecule has 0 bridgehead atoms. The quantitative estimate of drug-likeness (QED) is 0.726. The molecule has 2 aromatic heterocycles. The molecule has 0 saturated heterocycles. The molecule has 0 amide bonds. The van der Waals surface area contributed by atoms with Crippen molar-refractivity contribution in [2.45, 2.75) is 13.5 Å². The summed E-state index contributed by atoms with van der Waals surface area (Å²) in [5, 5.41) is 6.70. The number of nitrogen functional groups attached to an aromatic ring is 1. The van der Waals surface area contributed by atoms with E-state index in [-0.39, 0.29) is 5.82 Å². The second kappa shape index (κ2) is 3.83. The Balaban J connectivity index is 2.28. The van der Waals surface area contributed by atoms with Crippen molar-refractivity contribution in [3.8, 4) is 11.5 Å². The Hall–Kier alpha value is -2.37. The fraction of sp³-hybridized carbons (Fsp3) is 0.167. The van der Waals surface area contributed by atoms with Gasteiger partial charge in [0.05, 0.1) is 11.0 Å². The summed E-state index contributed by atoms with van der Waals surface area (Å²) in [5.41, 5.74) is 7.83. The average molecular weight is 245 g/mol. The summed E-state index contributed by atoms with van der Waals surface area (Å²) in [6.45, 7) is 2.74. The summed E-state index contributed by atoms with van der Waals surface area (Å²) in [4.78, 5) is 4.42. The monoisotopic (exact) mass is 245 g/mol. The predicted molar refractivity (Wildman–Crippen MR) is 67.4 cm³/mol. The van der Waals surface area contributed by atoms with E-state index in [1.807, 2.05) is 11.5 Å². The zero-order valence-corrected chi connectivity index (χ0v) is 9.81. The van der Waals surface area contributed by atoms with Crippen molar-refractivity contribution < 1.29 is 4.39 Å². The van der Waals surface area contributed by atoms with Crippen LogP contribution in [0.5, 0.6) is 0 Å². The van der Waals surface area contributed by atoms with Gasteiger partial charge in [0.15, 0.2) is 5.82 Å². The number of nitrogens with zero attached hydrogens (tertiary/aromatic N) is 3. The maximum Gasteiger partial charge on any atom is 0.159 e. The van der Waals surface area contributed by atoms with Crippen LogP contribution in [-0.4, -0.2) is 19.7 Å². The minimum atomic E-state index is -0.293. The third kappa shape index (κ3) is 1.54. The number of halogens is 1. The van der Waals surface area contributed by atoms with Crippen LogP contribution in [0.25, 0.3) is 22.6 Å². The van der Waals surface area contributed by atoms with Crippen LogP contribution in [-0.2, 0) is 6.54 Å². The molecule has 92 valence electrons. The van der Waals surface area contributed by atoms with Gasteiger partial charge in [-0.05, 0) is 19.1 Å². The summed E-state index contributed by atoms with van der Waals surface area (Å²) in [6.07, 6.45) is 0. The lowest BCUT2D eigenvalue weighted by Gasteiger charge is -2.03. The molecule has 18 heavy (non-hydrogen) atoms. The lowest BCUT2D eigenvalue weighted by atomic mass is 10.3. The second-order valence-electron chi connectivity index (χ2n) is 4.02. The number of H-pyrrole nitrogens is 1. The number of hydrogen-bond donors (Lipinski definition) is 2. The maximum absolute atomic E-state index is 13.2. The van der Waals surface area contributed by atoms with Gasteiger partial charge in [0.1, 0.15) is 17.3 Å². The molecule has 3 aromatic rings. The highest BCUT2D eigenvalue weighted by Gasteiger charge is 2.13. The second-order valence-corrected chi connectivity index (χ2v) is 4.02. The molecule has 0 fully saturated rings. The number of benzene rings is 1. The van der Waals surface area contributed by atoms with Crippen molar-refractivity contribution in [2.75, 3.05) is 5.73 Å². The number of anilines is 1. The first-order chi connectivity index (χ1) is 8.69. The first kappa shape index (κ1) is 10.8. The Kier molecular flexibility index (Phi) is 2.29. The predicted octanol–water partition coefficient (Wildman–Crippen LogP) is 2.17. The number of imidazole rings is 1. The fourth-order valence-corrected chi connectivity index (χ4v) is 2.08. The van der Waals surface area contributed by atoms with Crippen LogP contribution in [0.2, 0.25) is 0 Å². The number of hydrogen-bond acceptors (Lipinski definition) is 3. The Bertz CT molecular complexity index is 712. The standard InChI is InChI=1S/C12H12FN5/c1-2-18-10-4-3-7(13)5-8(10)15-12(18)9-6-11(14)17-16-9/h3-6H,2H2,1H3,(H3,14,16,17). The largest absolute Gasteiger partial charge is 0.382 e. The molecule has 6 heteroatoms. The van der Waals surface area contributed by atoms with Crippen LogP contribution in [0.1, 0.15) is 6.92 Å². The zero-order valence-electron chi connectivity index (χ0n) is 9.81. The summed E-state index contributed by atoms with van der Waals surface area (Å²) >= 11 is 0. The van der Waals surface area contributed by atoms with Gasteiger partial charge in [0, 0.05) is 18.7 Å². The molecule has 0 atom stereocenters. The molecule has 0 aliphatic carbocycles. The number of rotatable bonds is 2. The van der Waals surface area contributed by atoms with Gasteiger partial charge in [0.2, 0.25) is 0 Å². The fourth-order valence-electron chi connectivity index (χ4n) is 2.08. The van der Waals surface area contributed by atoms with Crippen LogP contribution < -0.4 is 5.73 Å². The van der Waals surface area contributed by atoms with Crippen LogP contribution in [0.4, 0.5) is 10.2 Å². The number of aromatic amines is 1. The summed E-state index contributed by atoms with van der Waals surface area (Å²) in [6, 6.07) is 6.29. The molecule has 3 N–H and O–H groups in total. The van der Waals surface area contributed by atoms with Gasteiger partial charge in [0.25, 0.3) is 0 Å². The van der Waals surface area contributed by atoms with E-state index in [0.29, 0.717) is 17.2 Å². The Morgan fingerprint density at radius 3 is 2.89 bits per heavy atom. The first-order valence-electron chi connectivity index (χ1n) is 5.66. The minimum Gasteiger partial charge on any atom is -0.382 e. The van der Waals surface area contributed by atoms with Crippen molar-refractivity contribution in [3.63, 3.8) is 0 Å². The minimum absolute atomic E-state index is 0.293. The van der Waals surface area contributed by atoms with E-state index in [9.17, 15) is 4.39 Å². The third-order valence-electron chi connectivity index (χ3n) is 2.87. The molecular formula is C12H12FN5. The molecule has 0 spiro atoms. The van der Waals surface area contributed by atoms with Crippen molar-refractivity contribution in [2.24, 2.45) is 0 Å². The van der Waals surface area contributed by atoms with E-state index in [1.54, 1.807) is 12.1 Å². The van der Waals surface area contributed by atoms with E-state index in [4.69, 9.17) is 5.73 Å². The summed E-state index contributed by atoms with van der Waals surface area (Å²) in [7, 11) is 0. The molecule has 0 radical (unpaired) electrons. The van der Waals surface area contributed by atoms with E-state index in [0.717, 1.165) is 17.8 Å². The zero-order chi connectivity index (χ0) is 12.7. The van der Waals surface area contributed by atoms with Gasteiger partial charge in [-0.1, -0.05) is 0 Å². The Morgan fingerprint density at radius 2 is 2.22 bits per heavy atom. The van der Waals surface area contributed by atoms with E-state index in [2.05, 4.69) is 15.2 Å². The van der Waals surface area contributed by atoms with E-state index < -0.39 is 0 Å². The van der Waals surface area contributed by atoms with Gasteiger partial charge >= 0.3 is 0 Å². The topological polar surface area (TPSA) is 72.5 Å². The van der Waals surface area contributed by atoms with Gasteiger partial charge in [-0.15, -0.1) is 0 Å². The molecule has 0 unspecified atom stereocenters. The van der Waals surface area contributed by atoms with Gasteiger partial charge in [-0.25, -0.2) is 9.37 Å². The molecule has 0 aliphatic rings. The van der Waals surface area contributed by atoms with Crippen molar-refractivity contribution in [1.82, 2.24) is 19.7 Å². The van der Waals surface area contributed by atoms with Crippen molar-refractivity contribution in [1.29, 1.82) is 0 Å². The normalized spacial score (nSPS) is 11.2. The van der Waals surface area contributed by atoms with Crippen LogP contribution in [0.15, 0.2) is 24.3 Å². The van der Waals surface area contributed by atoms with E-state index in [1.165, 1.54) is 12.1 Å². The third-order valence-corrected chi connectivity index (χ3v) is 2.87. The molecule has 2 heterocycles. The lowest BCUT2D eigenvalue weighted by Crippen LogP contribution is -1.97. The number of fused-ring (bicyclic) bond motifs is 1. The Labute approximate surface area is 102 Å². The summed E-state index contributed by atoms with van der Waals surface area (Å²) < 4.78 is 15.2. The average Bonchev–Trinajstić information content (AvgIpc) is 2.91. The first-order valence-corrected chi connectivity index (χ1v) is 5.66. The van der Waals surface area contributed by atoms with E-state index >= 15 is 0 Å². The number of aromatic nitrogens is 4. The molecule has 3 rings (SSSR count). The Morgan fingerprint density at radius 1 is 1.39 bits per heavy atom. The van der Waals surface area contributed by atoms with Crippen LogP contribution in [0, 0.1) is 5.82 Å². The van der Waals surface area contributed by atoms with Gasteiger partial charge in [-0.2, -0.15) is 5.10 Å². The maximum atomic E-state index is 13.2. The van der Waals surface area contributed by atoms with Crippen molar-refractivity contribution >= 4 is 16.9 Å². The SMILES string of the molecule is CCn1c(-c2cc(N)n[nH]2)nc2cc(F)ccc21. The van der Waals surface area contributed by atoms with Crippen LogP contribution >= 0.6 is 0 Å². The molecule has 0 saturated carbocycles. The van der Waals surface area contributed by atoms with Crippen LogP contribution in [0.3, 0.4) is 0 Å². The number of nitrogens with one attached hydrogen (secondary N) is 1. The van der Waals surface area contributed by atoms with Crippen molar-refractivity contribution in [3.05, 3.63) is 30.1 Å². The highest BCUT2D eigenvalue weighted by molar-refractivity contribution is 5.80. The van der Waals surface area contributed by atoms with Gasteiger partial charge < -0.3 is 10.3 Å². The van der Waals surface area contributed by atoms with Gasteiger partial charge in [-0.3, -0.25) is 5.10 Å². The summed E-state index contributed by atoms with van der Waals surface area (Å²) in [5.74, 6) is 0.826. The highest BCUT2D eigenvalue weighted by Crippen LogP contribution is 2.24. The molecule has 1 aromatic carbocycles.